The molecule has 0 bridgehead atoms. The summed E-state index contributed by atoms with van der Waals surface area (Å²) in [7, 11) is 2.20. The summed E-state index contributed by atoms with van der Waals surface area (Å²) >= 11 is 0. The fourth-order valence-electron chi connectivity index (χ4n) is 6.90. The zero-order chi connectivity index (χ0) is 36.7. The molecule has 1 rings (SSSR count). The first-order valence-electron chi connectivity index (χ1n) is 22.4. The molecule has 0 saturated carbocycles. The molecular weight excluding hydrogens is 625 g/mol. The molecule has 1 saturated heterocycles. The van der Waals surface area contributed by atoms with E-state index in [4.69, 9.17) is 4.74 Å². The largest absolute Gasteiger partial charge is 0.462 e. The molecular formula is C47H86N2O2. The molecule has 0 aromatic rings. The Morgan fingerprint density at radius 2 is 0.922 bits per heavy atom. The summed E-state index contributed by atoms with van der Waals surface area (Å²) in [4.78, 5) is 17.8. The van der Waals surface area contributed by atoms with E-state index >= 15 is 0 Å². The van der Waals surface area contributed by atoms with Gasteiger partial charge in [0.15, 0.2) is 0 Å². The maximum Gasteiger partial charge on any atom is 0.306 e. The van der Waals surface area contributed by atoms with Gasteiger partial charge < -0.3 is 14.5 Å². The zero-order valence-corrected chi connectivity index (χ0v) is 34.4. The van der Waals surface area contributed by atoms with E-state index < -0.39 is 0 Å². The van der Waals surface area contributed by atoms with Gasteiger partial charge in [-0.2, -0.15) is 0 Å². The lowest BCUT2D eigenvalue weighted by atomic mass is 10.0. The van der Waals surface area contributed by atoms with Crippen LogP contribution in [0.3, 0.4) is 0 Å². The minimum Gasteiger partial charge on any atom is -0.462 e. The lowest BCUT2D eigenvalue weighted by Gasteiger charge is -2.32. The number of esters is 1. The Kier molecular flexibility index (Phi) is 35.4. The second-order valence-electron chi connectivity index (χ2n) is 15.5. The average molecular weight is 711 g/mol. The van der Waals surface area contributed by atoms with Crippen molar-refractivity contribution in [3.8, 4) is 0 Å². The Labute approximate surface area is 319 Å². The van der Waals surface area contributed by atoms with Gasteiger partial charge in [-0.05, 0) is 116 Å². The van der Waals surface area contributed by atoms with Gasteiger partial charge in [-0.3, -0.25) is 4.79 Å². The van der Waals surface area contributed by atoms with E-state index in [0.29, 0.717) is 6.42 Å². The molecule has 0 unspecified atom stereocenters. The van der Waals surface area contributed by atoms with Crippen molar-refractivity contribution in [2.75, 3.05) is 39.8 Å². The molecule has 0 atom stereocenters. The molecule has 4 heteroatoms. The van der Waals surface area contributed by atoms with E-state index in [9.17, 15) is 4.79 Å². The van der Waals surface area contributed by atoms with Crippen LogP contribution in [0.1, 0.15) is 200 Å². The van der Waals surface area contributed by atoms with Crippen molar-refractivity contribution in [2.24, 2.45) is 0 Å². The van der Waals surface area contributed by atoms with Crippen LogP contribution in [-0.4, -0.2) is 61.6 Å². The van der Waals surface area contributed by atoms with Gasteiger partial charge in [0, 0.05) is 32.6 Å². The van der Waals surface area contributed by atoms with Crippen LogP contribution in [0.2, 0.25) is 0 Å². The Balaban J connectivity index is 2.20. The summed E-state index contributed by atoms with van der Waals surface area (Å²) in [6, 6.07) is 0. The lowest BCUT2D eigenvalue weighted by molar-refractivity contribution is -0.150. The third-order valence-electron chi connectivity index (χ3n) is 10.5. The fourth-order valence-corrected chi connectivity index (χ4v) is 6.90. The molecule has 0 spiro atoms. The average Bonchev–Trinajstić information content (AvgIpc) is 3.13. The van der Waals surface area contributed by atoms with Gasteiger partial charge in [0.05, 0.1) is 0 Å². The quantitative estimate of drug-likeness (QED) is 0.0368. The molecule has 1 aliphatic heterocycles. The van der Waals surface area contributed by atoms with Crippen LogP contribution in [0.5, 0.6) is 0 Å². The van der Waals surface area contributed by atoms with Crippen LogP contribution in [0, 0.1) is 0 Å². The van der Waals surface area contributed by atoms with Crippen molar-refractivity contribution < 1.29 is 9.53 Å². The Hall–Kier alpha value is -1.65. The first-order valence-corrected chi connectivity index (χ1v) is 22.4. The molecule has 0 aliphatic carbocycles. The molecule has 1 aliphatic rings. The van der Waals surface area contributed by atoms with Crippen LogP contribution in [-0.2, 0) is 9.53 Å². The van der Waals surface area contributed by atoms with E-state index in [0.717, 1.165) is 71.2 Å². The number of carbonyl (C=O) groups is 1. The van der Waals surface area contributed by atoms with Crippen LogP contribution in [0.4, 0.5) is 0 Å². The minimum absolute atomic E-state index is 0.0402. The van der Waals surface area contributed by atoms with Gasteiger partial charge in [-0.15, -0.1) is 0 Å². The Morgan fingerprint density at radius 1 is 0.510 bits per heavy atom. The van der Waals surface area contributed by atoms with Gasteiger partial charge in [0.25, 0.3) is 0 Å². The smallest absolute Gasteiger partial charge is 0.306 e. The number of piperazine rings is 1. The van der Waals surface area contributed by atoms with E-state index in [1.54, 1.807) is 0 Å². The molecule has 1 heterocycles. The third kappa shape index (κ3) is 33.9. The van der Waals surface area contributed by atoms with Gasteiger partial charge in [0.1, 0.15) is 6.10 Å². The SMILES string of the molecule is CCCCC/C=C\C/C=C\CCCCCCCCC(CCCCCCCC/C=C\C/C=C\CCCCC)OC(=O)CCCCN1CCN(C)CC1. The van der Waals surface area contributed by atoms with Gasteiger partial charge in [0.2, 0.25) is 0 Å². The predicted molar refractivity (Wildman–Crippen MR) is 226 cm³/mol. The normalized spacial score (nSPS) is 14.8. The second-order valence-corrected chi connectivity index (χ2v) is 15.5. The number of carbonyl (C=O) groups excluding carboxylic acids is 1. The number of likely N-dealkylation sites (N-methyl/N-ethyl adjacent to an activating group) is 1. The van der Waals surface area contributed by atoms with E-state index in [1.165, 1.54) is 141 Å². The summed E-state index contributed by atoms with van der Waals surface area (Å²) in [5.74, 6) is 0.0402. The Morgan fingerprint density at radius 3 is 1.37 bits per heavy atom. The summed E-state index contributed by atoms with van der Waals surface area (Å²) in [5.41, 5.74) is 0. The lowest BCUT2D eigenvalue weighted by Crippen LogP contribution is -2.44. The molecule has 0 radical (unpaired) electrons. The van der Waals surface area contributed by atoms with E-state index in [-0.39, 0.29) is 12.1 Å². The molecule has 0 N–H and O–H groups in total. The van der Waals surface area contributed by atoms with E-state index in [2.05, 4.69) is 79.3 Å². The van der Waals surface area contributed by atoms with Crippen LogP contribution >= 0.6 is 0 Å². The van der Waals surface area contributed by atoms with Crippen LogP contribution in [0.15, 0.2) is 48.6 Å². The number of rotatable bonds is 36. The molecule has 0 aromatic heterocycles. The number of ether oxygens (including phenoxy) is 1. The zero-order valence-electron chi connectivity index (χ0n) is 34.4. The van der Waals surface area contributed by atoms with Gasteiger partial charge >= 0.3 is 5.97 Å². The highest BCUT2D eigenvalue weighted by Crippen LogP contribution is 2.19. The maximum absolute atomic E-state index is 12.8. The fraction of sp³-hybridized carbons (Fsp3) is 0.809. The summed E-state index contributed by atoms with van der Waals surface area (Å²) < 4.78 is 6.12. The maximum atomic E-state index is 12.8. The first kappa shape index (κ1) is 47.4. The minimum atomic E-state index is 0.0402. The summed E-state index contributed by atoms with van der Waals surface area (Å²) in [6.45, 7) is 10.3. The number of allylic oxidation sites excluding steroid dienone is 8. The highest BCUT2D eigenvalue weighted by atomic mass is 16.5. The van der Waals surface area contributed by atoms with Gasteiger partial charge in [-0.25, -0.2) is 0 Å². The summed E-state index contributed by atoms with van der Waals surface area (Å²) in [5, 5.41) is 0. The van der Waals surface area contributed by atoms with Crippen molar-refractivity contribution in [2.45, 2.75) is 206 Å². The van der Waals surface area contributed by atoms with Crippen molar-refractivity contribution >= 4 is 5.97 Å². The van der Waals surface area contributed by atoms with Crippen LogP contribution in [0.25, 0.3) is 0 Å². The number of nitrogens with zero attached hydrogens (tertiary/aromatic N) is 2. The van der Waals surface area contributed by atoms with Crippen molar-refractivity contribution in [1.82, 2.24) is 9.80 Å². The van der Waals surface area contributed by atoms with Crippen molar-refractivity contribution in [3.63, 3.8) is 0 Å². The molecule has 4 nitrogen and oxygen atoms in total. The van der Waals surface area contributed by atoms with E-state index in [1.807, 2.05) is 0 Å². The topological polar surface area (TPSA) is 32.8 Å². The first-order chi connectivity index (χ1) is 25.2. The molecule has 51 heavy (non-hydrogen) atoms. The van der Waals surface area contributed by atoms with Crippen molar-refractivity contribution in [1.29, 1.82) is 0 Å². The standard InChI is InChI=1S/C47H86N2O2/c1-4-6-8-10-12-14-16-18-20-22-24-26-28-30-32-34-38-46(51-47(50)40-36-37-41-49-44-42-48(3)43-45-49)39-35-33-31-29-27-25-23-21-19-17-15-13-11-9-7-5-2/h12-15,18-21,46H,4-11,16-17,22-45H2,1-3H3/b14-12-,15-13-,20-18-,21-19-. The number of hydrogen-bond donors (Lipinski definition) is 0. The second kappa shape index (κ2) is 38.1. The number of hydrogen-bond acceptors (Lipinski definition) is 4. The highest BCUT2D eigenvalue weighted by Gasteiger charge is 2.16. The molecule has 296 valence electrons. The molecule has 1 fully saturated rings. The van der Waals surface area contributed by atoms with Gasteiger partial charge in [-0.1, -0.05) is 140 Å². The predicted octanol–water partition coefficient (Wildman–Crippen LogP) is 13.7. The monoisotopic (exact) mass is 711 g/mol. The molecule has 0 aromatic carbocycles. The third-order valence-corrected chi connectivity index (χ3v) is 10.5. The van der Waals surface area contributed by atoms with Crippen LogP contribution < -0.4 is 0 Å². The van der Waals surface area contributed by atoms with Crippen molar-refractivity contribution in [3.05, 3.63) is 48.6 Å². The summed E-state index contributed by atoms with van der Waals surface area (Å²) in [6.07, 6.45) is 54.1. The number of unbranched alkanes of at least 4 members (excludes halogenated alkanes) is 19. The Bertz CT molecular complexity index is 806. The highest BCUT2D eigenvalue weighted by molar-refractivity contribution is 5.69. The molecule has 0 amide bonds.